The molecule has 172 valence electrons. The molecule has 0 unspecified atom stereocenters. The van der Waals surface area contributed by atoms with E-state index in [-0.39, 0.29) is 0 Å². The third-order valence-corrected chi connectivity index (χ3v) is 5.27. The van der Waals surface area contributed by atoms with Crippen LogP contribution in [0.4, 0.5) is 17.2 Å². The maximum atomic E-state index is 9.81. The highest BCUT2D eigenvalue weighted by Gasteiger charge is 2.13. The average molecular weight is 456 g/mol. The molecule has 1 aromatic heterocycles. The molecule has 8 heteroatoms. The Labute approximate surface area is 198 Å². The third kappa shape index (κ3) is 4.79. The van der Waals surface area contributed by atoms with Crippen LogP contribution in [0.15, 0.2) is 60.8 Å². The second-order valence-electron chi connectivity index (χ2n) is 7.72. The molecule has 34 heavy (non-hydrogen) atoms. The van der Waals surface area contributed by atoms with E-state index in [1.165, 1.54) is 0 Å². The first-order valence-electron chi connectivity index (χ1n) is 10.6. The number of benzene rings is 3. The van der Waals surface area contributed by atoms with Crippen LogP contribution >= 0.6 is 0 Å². The van der Waals surface area contributed by atoms with E-state index >= 15 is 0 Å². The van der Waals surface area contributed by atoms with Crippen molar-refractivity contribution in [1.82, 2.24) is 9.97 Å². The normalized spacial score (nSPS) is 10.4. The van der Waals surface area contributed by atoms with Gasteiger partial charge in [-0.3, -0.25) is 0 Å². The number of nitrogens with zero attached hydrogens (tertiary/aromatic N) is 4. The van der Waals surface area contributed by atoms with Crippen LogP contribution in [0.3, 0.4) is 0 Å². The minimum atomic E-state index is 0.393. The molecule has 0 bridgehead atoms. The summed E-state index contributed by atoms with van der Waals surface area (Å²) in [7, 11) is 7.02. The number of hydrogen-bond acceptors (Lipinski definition) is 8. The monoisotopic (exact) mass is 455 g/mol. The molecule has 0 amide bonds. The molecular formula is C26H25N5O3. The predicted octanol–water partition coefficient (Wildman–Crippen LogP) is 4.91. The molecular weight excluding hydrogens is 430 g/mol. The largest absolute Gasteiger partial charge is 0.497 e. The van der Waals surface area contributed by atoms with E-state index in [4.69, 9.17) is 14.2 Å². The number of hydrogen-bond donors (Lipinski definition) is 1. The molecule has 0 aliphatic rings. The van der Waals surface area contributed by atoms with Crippen molar-refractivity contribution < 1.29 is 14.2 Å². The number of fused-ring (bicyclic) bond motifs is 1. The maximum Gasteiger partial charge on any atom is 0.162 e. The minimum Gasteiger partial charge on any atom is -0.497 e. The quantitative estimate of drug-likeness (QED) is 0.401. The minimum absolute atomic E-state index is 0.393. The molecule has 8 nitrogen and oxygen atoms in total. The molecule has 0 aliphatic carbocycles. The standard InChI is InChI=1S/C26H25N5O3/c1-31(2)25-15-28-26-20(14-27)21(10-11-22(26)30-25)29-18-7-12-23(24(13-18)33-4)34-16-17-5-8-19(32-3)9-6-17/h5-13,15,29H,16H2,1-4H3. The van der Waals surface area contributed by atoms with Crippen molar-refractivity contribution in [2.45, 2.75) is 6.61 Å². The van der Waals surface area contributed by atoms with E-state index in [9.17, 15) is 5.26 Å². The molecule has 0 spiro atoms. The van der Waals surface area contributed by atoms with Gasteiger partial charge in [0, 0.05) is 25.8 Å². The van der Waals surface area contributed by atoms with Crippen LogP contribution in [-0.4, -0.2) is 38.3 Å². The molecule has 4 aromatic rings. The topological polar surface area (TPSA) is 92.5 Å². The first kappa shape index (κ1) is 22.7. The molecule has 0 saturated carbocycles. The molecule has 0 atom stereocenters. The molecule has 3 aromatic carbocycles. The van der Waals surface area contributed by atoms with Crippen LogP contribution in [0.25, 0.3) is 11.0 Å². The Kier molecular flexibility index (Phi) is 6.64. The first-order valence-corrected chi connectivity index (χ1v) is 10.6. The van der Waals surface area contributed by atoms with Gasteiger partial charge in [0.05, 0.1) is 31.6 Å². The van der Waals surface area contributed by atoms with E-state index in [0.29, 0.717) is 40.4 Å². The van der Waals surface area contributed by atoms with Crippen molar-refractivity contribution in [2.24, 2.45) is 0 Å². The van der Waals surface area contributed by atoms with Crippen molar-refractivity contribution in [3.8, 4) is 23.3 Å². The van der Waals surface area contributed by atoms with Gasteiger partial charge in [0.2, 0.25) is 0 Å². The molecule has 0 radical (unpaired) electrons. The van der Waals surface area contributed by atoms with E-state index in [0.717, 1.165) is 22.8 Å². The highest BCUT2D eigenvalue weighted by Crippen LogP contribution is 2.34. The number of rotatable bonds is 8. The van der Waals surface area contributed by atoms with Crippen LogP contribution in [0.2, 0.25) is 0 Å². The van der Waals surface area contributed by atoms with Crippen molar-refractivity contribution in [3.63, 3.8) is 0 Å². The summed E-state index contributed by atoms with van der Waals surface area (Å²) in [4.78, 5) is 10.9. The highest BCUT2D eigenvalue weighted by atomic mass is 16.5. The Bertz CT molecular complexity index is 1350. The molecule has 0 saturated heterocycles. The van der Waals surface area contributed by atoms with Crippen LogP contribution in [-0.2, 0) is 6.61 Å². The third-order valence-electron chi connectivity index (χ3n) is 5.27. The van der Waals surface area contributed by atoms with Gasteiger partial charge < -0.3 is 24.4 Å². The summed E-state index contributed by atoms with van der Waals surface area (Å²) < 4.78 is 16.7. The van der Waals surface area contributed by atoms with E-state index in [1.807, 2.05) is 73.6 Å². The predicted molar refractivity (Wildman–Crippen MR) is 132 cm³/mol. The number of nitriles is 1. The van der Waals surface area contributed by atoms with Crippen molar-refractivity contribution in [2.75, 3.05) is 38.5 Å². The van der Waals surface area contributed by atoms with Gasteiger partial charge in [-0.05, 0) is 42.0 Å². The summed E-state index contributed by atoms with van der Waals surface area (Å²) in [6.07, 6.45) is 1.66. The van der Waals surface area contributed by atoms with Crippen molar-refractivity contribution >= 4 is 28.2 Å². The second kappa shape index (κ2) is 9.96. The zero-order valence-electron chi connectivity index (χ0n) is 19.5. The van der Waals surface area contributed by atoms with Crippen LogP contribution in [0.5, 0.6) is 17.2 Å². The van der Waals surface area contributed by atoms with Crippen molar-refractivity contribution in [1.29, 1.82) is 5.26 Å². The average Bonchev–Trinajstić information content (AvgIpc) is 2.87. The van der Waals surface area contributed by atoms with Gasteiger partial charge in [0.1, 0.15) is 35.3 Å². The fourth-order valence-electron chi connectivity index (χ4n) is 3.41. The summed E-state index contributed by atoms with van der Waals surface area (Å²) >= 11 is 0. The maximum absolute atomic E-state index is 9.81. The molecule has 1 heterocycles. The van der Waals surface area contributed by atoms with Crippen LogP contribution in [0, 0.1) is 11.3 Å². The summed E-state index contributed by atoms with van der Waals surface area (Å²) in [6.45, 7) is 0.393. The van der Waals surface area contributed by atoms with Crippen LogP contribution < -0.4 is 24.4 Å². The van der Waals surface area contributed by atoms with E-state index < -0.39 is 0 Å². The molecule has 0 fully saturated rings. The van der Waals surface area contributed by atoms with Crippen LogP contribution in [0.1, 0.15) is 11.1 Å². The number of anilines is 3. The lowest BCUT2D eigenvalue weighted by Crippen LogP contribution is -2.11. The summed E-state index contributed by atoms with van der Waals surface area (Å²) in [5, 5.41) is 13.1. The lowest BCUT2D eigenvalue weighted by Gasteiger charge is -2.15. The Morgan fingerprint density at radius 3 is 2.44 bits per heavy atom. The molecule has 0 aliphatic heterocycles. The fraction of sp³-hybridized carbons (Fsp3) is 0.192. The Morgan fingerprint density at radius 1 is 0.971 bits per heavy atom. The highest BCUT2D eigenvalue weighted by molar-refractivity contribution is 5.89. The zero-order valence-corrected chi connectivity index (χ0v) is 19.5. The fourth-order valence-corrected chi connectivity index (χ4v) is 3.41. The smallest absolute Gasteiger partial charge is 0.162 e. The number of nitrogens with one attached hydrogen (secondary N) is 1. The van der Waals surface area contributed by atoms with Gasteiger partial charge in [-0.25, -0.2) is 9.97 Å². The van der Waals surface area contributed by atoms with Gasteiger partial charge in [-0.15, -0.1) is 0 Å². The van der Waals surface area contributed by atoms with Gasteiger partial charge in [0.25, 0.3) is 0 Å². The lowest BCUT2D eigenvalue weighted by molar-refractivity contribution is 0.284. The second-order valence-corrected chi connectivity index (χ2v) is 7.72. The van der Waals surface area contributed by atoms with Gasteiger partial charge in [-0.2, -0.15) is 5.26 Å². The Balaban J connectivity index is 1.55. The number of ether oxygens (including phenoxy) is 3. The Hall–Kier alpha value is -4.51. The number of aromatic nitrogens is 2. The summed E-state index contributed by atoms with van der Waals surface area (Å²) in [6, 6.07) is 19.2. The summed E-state index contributed by atoms with van der Waals surface area (Å²) in [5.41, 5.74) is 4.03. The van der Waals surface area contributed by atoms with Gasteiger partial charge in [-0.1, -0.05) is 12.1 Å². The Morgan fingerprint density at radius 2 is 1.76 bits per heavy atom. The lowest BCUT2D eigenvalue weighted by atomic mass is 10.1. The zero-order chi connectivity index (χ0) is 24.1. The van der Waals surface area contributed by atoms with E-state index in [1.54, 1.807) is 20.4 Å². The SMILES string of the molecule is COc1ccc(COc2ccc(Nc3ccc4nc(N(C)C)cnc4c3C#N)cc2OC)cc1. The van der Waals surface area contributed by atoms with Gasteiger partial charge >= 0.3 is 0 Å². The van der Waals surface area contributed by atoms with Gasteiger partial charge in [0.15, 0.2) is 11.5 Å². The first-order chi connectivity index (χ1) is 16.5. The van der Waals surface area contributed by atoms with E-state index in [2.05, 4.69) is 21.4 Å². The summed E-state index contributed by atoms with van der Waals surface area (Å²) in [5.74, 6) is 2.72. The molecule has 1 N–H and O–H groups in total. The van der Waals surface area contributed by atoms with Crippen molar-refractivity contribution in [3.05, 3.63) is 71.9 Å². The molecule has 4 rings (SSSR count). The number of methoxy groups -OCH3 is 2.